The van der Waals surface area contributed by atoms with Crippen molar-refractivity contribution in [3.05, 3.63) is 41.7 Å². The quantitative estimate of drug-likeness (QED) is 0.760. The number of benzene rings is 1. The summed E-state index contributed by atoms with van der Waals surface area (Å²) in [5, 5.41) is 4.44. The van der Waals surface area contributed by atoms with E-state index in [2.05, 4.69) is 22.1 Å². The van der Waals surface area contributed by atoms with Gasteiger partial charge in [-0.2, -0.15) is 5.10 Å². The molecule has 0 amide bonds. The second kappa shape index (κ2) is 7.64. The number of para-hydroxylation sites is 1. The topological polar surface area (TPSA) is 58.4 Å². The number of anilines is 1. The average Bonchev–Trinajstić information content (AvgIpc) is 3.20. The fourth-order valence-electron chi connectivity index (χ4n) is 4.00. The molecule has 1 atom stereocenters. The normalized spacial score (nSPS) is 18.0. The van der Waals surface area contributed by atoms with Crippen LogP contribution in [0.5, 0.6) is 0 Å². The molecule has 1 aliphatic rings. The van der Waals surface area contributed by atoms with Gasteiger partial charge >= 0.3 is 0 Å². The van der Waals surface area contributed by atoms with Gasteiger partial charge in [-0.3, -0.25) is 4.68 Å². The highest BCUT2D eigenvalue weighted by atomic mass is 32.2. The number of hydrogen-bond donors (Lipinski definition) is 0. The SMILES string of the molecule is Cc1nn(C(C)C)c(C)c1S(=O)(=O)N(C)CC1CCN(c2ccccc2)C1. The van der Waals surface area contributed by atoms with Crippen LogP contribution in [0.25, 0.3) is 0 Å². The van der Waals surface area contributed by atoms with Crippen LogP contribution in [0.2, 0.25) is 0 Å². The van der Waals surface area contributed by atoms with Crippen molar-refractivity contribution in [2.45, 2.75) is 45.1 Å². The molecule has 0 saturated carbocycles. The first-order valence-corrected chi connectivity index (χ1v) is 11.0. The molecule has 2 aromatic rings. The fraction of sp³-hybridized carbons (Fsp3) is 0.550. The summed E-state index contributed by atoms with van der Waals surface area (Å²) in [4.78, 5) is 2.69. The van der Waals surface area contributed by atoms with Crippen LogP contribution < -0.4 is 4.90 Å². The van der Waals surface area contributed by atoms with Crippen LogP contribution in [-0.4, -0.2) is 49.2 Å². The maximum Gasteiger partial charge on any atom is 0.246 e. The zero-order chi connectivity index (χ0) is 19.8. The Hall–Kier alpha value is -1.86. The van der Waals surface area contributed by atoms with Gasteiger partial charge in [-0.1, -0.05) is 18.2 Å². The highest BCUT2D eigenvalue weighted by molar-refractivity contribution is 7.89. The standard InChI is InChI=1S/C20H30N4O2S/c1-15(2)24-17(4)20(16(3)21-24)27(25,26)22(5)13-18-11-12-23(14-18)19-9-7-6-8-10-19/h6-10,15,18H,11-14H2,1-5H3. The van der Waals surface area contributed by atoms with E-state index in [1.807, 2.05) is 39.0 Å². The van der Waals surface area contributed by atoms with E-state index in [0.717, 1.165) is 19.5 Å². The number of rotatable bonds is 6. The minimum atomic E-state index is -3.55. The highest BCUT2D eigenvalue weighted by Gasteiger charge is 2.32. The Bertz CT molecular complexity index is 890. The van der Waals surface area contributed by atoms with Gasteiger partial charge in [0.2, 0.25) is 10.0 Å². The van der Waals surface area contributed by atoms with Gasteiger partial charge in [0, 0.05) is 38.4 Å². The summed E-state index contributed by atoms with van der Waals surface area (Å²) in [5.41, 5.74) is 2.49. The summed E-state index contributed by atoms with van der Waals surface area (Å²) in [5.74, 6) is 0.325. The second-order valence-electron chi connectivity index (χ2n) is 7.76. The number of aryl methyl sites for hydroxylation is 1. The van der Waals surface area contributed by atoms with Gasteiger partial charge in [-0.15, -0.1) is 0 Å². The average molecular weight is 391 g/mol. The molecule has 2 heterocycles. The lowest BCUT2D eigenvalue weighted by Crippen LogP contribution is -2.33. The molecule has 1 aliphatic heterocycles. The fourth-order valence-corrected chi connectivity index (χ4v) is 5.60. The Morgan fingerprint density at radius 3 is 2.48 bits per heavy atom. The molecule has 27 heavy (non-hydrogen) atoms. The number of nitrogens with zero attached hydrogens (tertiary/aromatic N) is 4. The first-order chi connectivity index (χ1) is 12.7. The van der Waals surface area contributed by atoms with Gasteiger partial charge < -0.3 is 4.90 Å². The Morgan fingerprint density at radius 2 is 1.89 bits per heavy atom. The van der Waals surface area contributed by atoms with E-state index in [1.54, 1.807) is 18.7 Å². The van der Waals surface area contributed by atoms with Gasteiger partial charge in [-0.25, -0.2) is 12.7 Å². The zero-order valence-electron chi connectivity index (χ0n) is 16.9. The first-order valence-electron chi connectivity index (χ1n) is 9.54. The molecule has 0 radical (unpaired) electrons. The summed E-state index contributed by atoms with van der Waals surface area (Å²) in [6.07, 6.45) is 0.998. The molecule has 1 unspecified atom stereocenters. The Morgan fingerprint density at radius 1 is 1.22 bits per heavy atom. The summed E-state index contributed by atoms with van der Waals surface area (Å²) in [6.45, 7) is 10.0. The lowest BCUT2D eigenvalue weighted by Gasteiger charge is -2.22. The zero-order valence-corrected chi connectivity index (χ0v) is 17.7. The van der Waals surface area contributed by atoms with E-state index in [0.29, 0.717) is 28.7 Å². The molecule has 0 bridgehead atoms. The number of sulfonamides is 1. The van der Waals surface area contributed by atoms with Crippen molar-refractivity contribution < 1.29 is 8.42 Å². The van der Waals surface area contributed by atoms with Crippen LogP contribution in [0, 0.1) is 19.8 Å². The molecule has 1 aromatic heterocycles. The lowest BCUT2D eigenvalue weighted by molar-refractivity contribution is 0.401. The van der Waals surface area contributed by atoms with Crippen LogP contribution in [0.15, 0.2) is 35.2 Å². The molecule has 148 valence electrons. The summed E-state index contributed by atoms with van der Waals surface area (Å²) in [6, 6.07) is 10.4. The van der Waals surface area contributed by atoms with Crippen LogP contribution in [-0.2, 0) is 10.0 Å². The van der Waals surface area contributed by atoms with E-state index >= 15 is 0 Å². The van der Waals surface area contributed by atoms with Crippen molar-refractivity contribution in [2.75, 3.05) is 31.6 Å². The van der Waals surface area contributed by atoms with E-state index in [1.165, 1.54) is 9.99 Å². The van der Waals surface area contributed by atoms with Gasteiger partial charge in [-0.05, 0) is 52.2 Å². The molecule has 3 rings (SSSR count). The molecule has 1 fully saturated rings. The molecule has 0 spiro atoms. The lowest BCUT2D eigenvalue weighted by atomic mass is 10.1. The highest BCUT2D eigenvalue weighted by Crippen LogP contribution is 2.28. The summed E-state index contributed by atoms with van der Waals surface area (Å²) in [7, 11) is -1.86. The minimum absolute atomic E-state index is 0.132. The number of aromatic nitrogens is 2. The monoisotopic (exact) mass is 390 g/mol. The van der Waals surface area contributed by atoms with Crippen molar-refractivity contribution in [1.29, 1.82) is 0 Å². The van der Waals surface area contributed by atoms with Gasteiger partial charge in [0.25, 0.3) is 0 Å². The van der Waals surface area contributed by atoms with Crippen molar-refractivity contribution >= 4 is 15.7 Å². The smallest absolute Gasteiger partial charge is 0.246 e. The van der Waals surface area contributed by atoms with Crippen molar-refractivity contribution in [3.8, 4) is 0 Å². The minimum Gasteiger partial charge on any atom is -0.371 e. The van der Waals surface area contributed by atoms with Gasteiger partial charge in [0.05, 0.1) is 11.4 Å². The Kier molecular flexibility index (Phi) is 5.63. The Balaban J connectivity index is 1.74. The largest absolute Gasteiger partial charge is 0.371 e. The van der Waals surface area contributed by atoms with Crippen LogP contribution in [0.4, 0.5) is 5.69 Å². The van der Waals surface area contributed by atoms with E-state index in [-0.39, 0.29) is 6.04 Å². The molecule has 0 aliphatic carbocycles. The van der Waals surface area contributed by atoms with E-state index in [9.17, 15) is 8.42 Å². The van der Waals surface area contributed by atoms with Gasteiger partial charge in [0.1, 0.15) is 4.90 Å². The molecular formula is C20H30N4O2S. The molecule has 1 aromatic carbocycles. The first kappa shape index (κ1) is 19.9. The summed E-state index contributed by atoms with van der Waals surface area (Å²) >= 11 is 0. The van der Waals surface area contributed by atoms with Gasteiger partial charge in [0.15, 0.2) is 0 Å². The Labute approximate surface area is 162 Å². The van der Waals surface area contributed by atoms with Crippen molar-refractivity contribution in [1.82, 2.24) is 14.1 Å². The summed E-state index contributed by atoms with van der Waals surface area (Å²) < 4.78 is 29.7. The predicted octanol–water partition coefficient (Wildman–Crippen LogP) is 3.23. The van der Waals surface area contributed by atoms with E-state index in [4.69, 9.17) is 0 Å². The van der Waals surface area contributed by atoms with Crippen LogP contribution >= 0.6 is 0 Å². The van der Waals surface area contributed by atoms with Crippen LogP contribution in [0.1, 0.15) is 37.7 Å². The second-order valence-corrected chi connectivity index (χ2v) is 9.74. The molecule has 0 N–H and O–H groups in total. The predicted molar refractivity (Wildman–Crippen MR) is 109 cm³/mol. The molecule has 7 heteroatoms. The third-order valence-electron chi connectivity index (χ3n) is 5.34. The molecular weight excluding hydrogens is 360 g/mol. The molecule has 6 nitrogen and oxygen atoms in total. The van der Waals surface area contributed by atoms with E-state index < -0.39 is 10.0 Å². The third-order valence-corrected chi connectivity index (χ3v) is 7.41. The van der Waals surface area contributed by atoms with Crippen molar-refractivity contribution in [3.63, 3.8) is 0 Å². The third kappa shape index (κ3) is 3.89. The molecule has 1 saturated heterocycles. The number of hydrogen-bond acceptors (Lipinski definition) is 4. The van der Waals surface area contributed by atoms with Crippen LogP contribution in [0.3, 0.4) is 0 Å². The maximum absolute atomic E-state index is 13.2. The maximum atomic E-state index is 13.2. The van der Waals surface area contributed by atoms with Crippen molar-refractivity contribution in [2.24, 2.45) is 5.92 Å².